The summed E-state index contributed by atoms with van der Waals surface area (Å²) in [5.41, 5.74) is 4.39. The molecule has 4 aliphatic rings. The number of unbranched alkanes of at least 4 members (excludes halogenated alkanes) is 1. The van der Waals surface area contributed by atoms with Crippen LogP contribution in [0.25, 0.3) is 0 Å². The zero-order valence-electron chi connectivity index (χ0n) is 16.2. The molecule has 1 aliphatic heterocycles. The third-order valence-corrected chi connectivity index (χ3v) is 6.91. The fourth-order valence-corrected chi connectivity index (χ4v) is 5.77. The SMILES string of the molecule is CCCCC(C(=O)O)N1C(=O)C2C3c4ccccc4C(c4ccccc43)C2C1=O. The lowest BCUT2D eigenvalue weighted by atomic mass is 9.55. The molecule has 5 nitrogen and oxygen atoms in total. The van der Waals surface area contributed by atoms with Crippen LogP contribution in [0, 0.1) is 11.8 Å². The van der Waals surface area contributed by atoms with Gasteiger partial charge >= 0.3 is 5.97 Å². The smallest absolute Gasteiger partial charge is 0.326 e. The first-order valence-corrected chi connectivity index (χ1v) is 10.3. The summed E-state index contributed by atoms with van der Waals surface area (Å²) in [5, 5.41) is 9.78. The first-order chi connectivity index (χ1) is 14.1. The highest BCUT2D eigenvalue weighted by Gasteiger charge is 2.62. The lowest BCUT2D eigenvalue weighted by molar-refractivity contribution is -0.155. The molecular weight excluding hydrogens is 366 g/mol. The van der Waals surface area contributed by atoms with Crippen LogP contribution in [0.1, 0.15) is 60.3 Å². The average Bonchev–Trinajstić information content (AvgIpc) is 3.00. The van der Waals surface area contributed by atoms with E-state index in [4.69, 9.17) is 0 Å². The van der Waals surface area contributed by atoms with Crippen molar-refractivity contribution in [1.29, 1.82) is 0 Å². The molecule has 2 aromatic rings. The number of aliphatic carboxylic acids is 1. The van der Waals surface area contributed by atoms with Gasteiger partial charge in [-0.15, -0.1) is 0 Å². The van der Waals surface area contributed by atoms with Crippen molar-refractivity contribution in [1.82, 2.24) is 4.90 Å². The van der Waals surface area contributed by atoms with Gasteiger partial charge in [-0.05, 0) is 28.7 Å². The summed E-state index contributed by atoms with van der Waals surface area (Å²) in [6, 6.07) is 15.0. The number of benzene rings is 2. The Labute approximate surface area is 169 Å². The topological polar surface area (TPSA) is 74.7 Å². The van der Waals surface area contributed by atoms with Gasteiger partial charge in [-0.25, -0.2) is 4.79 Å². The van der Waals surface area contributed by atoms with E-state index in [0.29, 0.717) is 12.8 Å². The Morgan fingerprint density at radius 1 is 0.897 bits per heavy atom. The van der Waals surface area contributed by atoms with E-state index in [-0.39, 0.29) is 23.7 Å². The number of likely N-dealkylation sites (tertiary alicyclic amines) is 1. The molecule has 0 aromatic heterocycles. The van der Waals surface area contributed by atoms with E-state index in [9.17, 15) is 19.5 Å². The molecule has 0 radical (unpaired) electrons. The second kappa shape index (κ2) is 6.55. The molecular formula is C24H23NO4. The minimum absolute atomic E-state index is 0.195. The number of carboxylic acid groups (broad SMARTS) is 1. The van der Waals surface area contributed by atoms with Gasteiger partial charge in [0.15, 0.2) is 0 Å². The Morgan fingerprint density at radius 3 is 1.66 bits per heavy atom. The molecule has 1 N–H and O–H groups in total. The molecule has 6 rings (SSSR count). The van der Waals surface area contributed by atoms with Crippen LogP contribution < -0.4 is 0 Å². The van der Waals surface area contributed by atoms with Crippen LogP contribution in [0.15, 0.2) is 48.5 Å². The van der Waals surface area contributed by atoms with Gasteiger partial charge in [-0.3, -0.25) is 14.5 Å². The predicted molar refractivity (Wildman–Crippen MR) is 106 cm³/mol. The van der Waals surface area contributed by atoms with Gasteiger partial charge in [0.2, 0.25) is 11.8 Å². The summed E-state index contributed by atoms with van der Waals surface area (Å²) in [6.45, 7) is 1.97. The molecule has 3 atom stereocenters. The molecule has 1 saturated heterocycles. The van der Waals surface area contributed by atoms with Gasteiger partial charge in [-0.1, -0.05) is 68.3 Å². The second-order valence-electron chi connectivity index (χ2n) is 8.31. The fourth-order valence-electron chi connectivity index (χ4n) is 5.77. The van der Waals surface area contributed by atoms with E-state index in [1.807, 2.05) is 55.5 Å². The van der Waals surface area contributed by atoms with Gasteiger partial charge in [0.05, 0.1) is 11.8 Å². The lowest BCUT2D eigenvalue weighted by Crippen LogP contribution is -2.45. The molecule has 1 heterocycles. The molecule has 5 heteroatoms. The van der Waals surface area contributed by atoms with Gasteiger partial charge in [-0.2, -0.15) is 0 Å². The third kappa shape index (κ3) is 2.36. The van der Waals surface area contributed by atoms with Crippen molar-refractivity contribution in [2.24, 2.45) is 11.8 Å². The van der Waals surface area contributed by atoms with E-state index in [2.05, 4.69) is 0 Å². The lowest BCUT2D eigenvalue weighted by Gasteiger charge is -2.45. The maximum Gasteiger partial charge on any atom is 0.326 e. The quantitative estimate of drug-likeness (QED) is 0.794. The number of amides is 2. The van der Waals surface area contributed by atoms with Gasteiger partial charge < -0.3 is 5.11 Å². The Kier molecular flexibility index (Phi) is 4.09. The molecule has 1 fully saturated rings. The highest BCUT2D eigenvalue weighted by Crippen LogP contribution is 2.61. The van der Waals surface area contributed by atoms with Crippen molar-refractivity contribution in [3.05, 3.63) is 70.8 Å². The molecule has 29 heavy (non-hydrogen) atoms. The van der Waals surface area contributed by atoms with Gasteiger partial charge in [0, 0.05) is 11.8 Å². The number of nitrogens with zero attached hydrogens (tertiary/aromatic N) is 1. The van der Waals surface area contributed by atoms with E-state index >= 15 is 0 Å². The Bertz CT molecular complexity index is 914. The van der Waals surface area contributed by atoms with Crippen molar-refractivity contribution in [2.45, 2.75) is 44.1 Å². The summed E-state index contributed by atoms with van der Waals surface area (Å²) in [5.74, 6) is -3.15. The molecule has 148 valence electrons. The van der Waals surface area contributed by atoms with E-state index in [1.165, 1.54) is 0 Å². The molecule has 3 aliphatic carbocycles. The summed E-state index contributed by atoms with van der Waals surface area (Å²) >= 11 is 0. The highest BCUT2D eigenvalue weighted by molar-refractivity contribution is 6.09. The van der Waals surface area contributed by atoms with Crippen LogP contribution in [-0.2, 0) is 14.4 Å². The van der Waals surface area contributed by atoms with E-state index in [1.54, 1.807) is 0 Å². The summed E-state index contributed by atoms with van der Waals surface area (Å²) in [4.78, 5) is 40.1. The number of hydrogen-bond acceptors (Lipinski definition) is 3. The van der Waals surface area contributed by atoms with Crippen molar-refractivity contribution in [3.8, 4) is 0 Å². The maximum absolute atomic E-state index is 13.5. The van der Waals surface area contributed by atoms with Crippen molar-refractivity contribution in [2.75, 3.05) is 0 Å². The Balaban J connectivity index is 1.65. The standard InChI is InChI=1S/C24H23NO4/c1-2-3-12-17(24(28)29)25-22(26)20-18-13-8-4-5-9-14(13)19(21(20)23(25)27)16-11-7-6-10-15(16)18/h4-11,17-21H,2-3,12H2,1H3,(H,28,29). The number of carbonyl (C=O) groups is 3. The largest absolute Gasteiger partial charge is 0.480 e. The van der Waals surface area contributed by atoms with Crippen LogP contribution >= 0.6 is 0 Å². The zero-order chi connectivity index (χ0) is 20.3. The Hall–Kier alpha value is -2.95. The molecule has 0 saturated carbocycles. The van der Waals surface area contributed by atoms with Crippen LogP contribution in [-0.4, -0.2) is 33.8 Å². The van der Waals surface area contributed by atoms with E-state index < -0.39 is 23.8 Å². The fraction of sp³-hybridized carbons (Fsp3) is 0.375. The first kappa shape index (κ1) is 18.1. The Morgan fingerprint density at radius 2 is 1.31 bits per heavy atom. The van der Waals surface area contributed by atoms with Crippen LogP contribution in [0.3, 0.4) is 0 Å². The zero-order valence-corrected chi connectivity index (χ0v) is 16.2. The first-order valence-electron chi connectivity index (χ1n) is 10.3. The van der Waals surface area contributed by atoms with Gasteiger partial charge in [0.25, 0.3) is 0 Å². The number of carboxylic acids is 1. The van der Waals surface area contributed by atoms with E-state index in [0.717, 1.165) is 33.6 Å². The number of hydrogen-bond donors (Lipinski definition) is 1. The normalized spacial score (nSPS) is 27.4. The minimum Gasteiger partial charge on any atom is -0.480 e. The van der Waals surface area contributed by atoms with Crippen molar-refractivity contribution < 1.29 is 19.5 Å². The third-order valence-electron chi connectivity index (χ3n) is 6.91. The highest BCUT2D eigenvalue weighted by atomic mass is 16.4. The molecule has 2 bridgehead atoms. The van der Waals surface area contributed by atoms with Crippen LogP contribution in [0.4, 0.5) is 0 Å². The number of rotatable bonds is 5. The molecule has 2 aromatic carbocycles. The number of imide groups is 1. The second-order valence-corrected chi connectivity index (χ2v) is 8.31. The monoisotopic (exact) mass is 389 g/mol. The summed E-state index contributed by atoms with van der Waals surface area (Å²) in [6.07, 6.45) is 1.78. The average molecular weight is 389 g/mol. The summed E-state index contributed by atoms with van der Waals surface area (Å²) < 4.78 is 0. The minimum atomic E-state index is -1.10. The molecule has 2 amide bonds. The molecule has 0 spiro atoms. The van der Waals surface area contributed by atoms with Crippen LogP contribution in [0.5, 0.6) is 0 Å². The molecule has 3 unspecified atom stereocenters. The van der Waals surface area contributed by atoms with Crippen molar-refractivity contribution in [3.63, 3.8) is 0 Å². The van der Waals surface area contributed by atoms with Crippen LogP contribution in [0.2, 0.25) is 0 Å². The van der Waals surface area contributed by atoms with Crippen molar-refractivity contribution >= 4 is 17.8 Å². The van der Waals surface area contributed by atoms with Gasteiger partial charge in [0.1, 0.15) is 6.04 Å². The maximum atomic E-state index is 13.5. The number of carbonyl (C=O) groups excluding carboxylic acids is 2. The predicted octanol–water partition coefficient (Wildman–Crippen LogP) is 3.52. The summed E-state index contributed by atoms with van der Waals surface area (Å²) in [7, 11) is 0.